The Morgan fingerprint density at radius 3 is 2.55 bits per heavy atom. The average Bonchev–Trinajstić information content (AvgIpc) is 3.27. The van der Waals surface area contributed by atoms with Crippen LogP contribution in [0.3, 0.4) is 0 Å². The summed E-state index contributed by atoms with van der Waals surface area (Å²) < 4.78 is 29.7. The van der Waals surface area contributed by atoms with E-state index >= 15 is 0 Å². The number of unbranched alkanes of at least 4 members (excludes halogenated alkanes) is 1. The van der Waals surface area contributed by atoms with Crippen molar-refractivity contribution < 1.29 is 17.9 Å². The van der Waals surface area contributed by atoms with Crippen LogP contribution < -0.4 is 15.2 Å². The molecule has 0 bridgehead atoms. The highest BCUT2D eigenvalue weighted by Gasteiger charge is 2.19. The summed E-state index contributed by atoms with van der Waals surface area (Å²) >= 11 is 1.51. The standard InChI is InChI=1S/C23H28N4O4S2/c1-17-10-12-19(13-11-17)22-26-21(16-32-22)20(9-5-6-14-25-33(24,29)30)27-23(28)31-15-18-7-3-2-4-8-18/h2-4,7-8,10-13,16,20,25H,5-6,9,14-15H2,1H3,(H,27,28)(H2,24,29,30). The number of alkyl carbamates (subject to hydrolysis) is 1. The van der Waals surface area contributed by atoms with Crippen LogP contribution in [0.1, 0.15) is 42.1 Å². The maximum Gasteiger partial charge on any atom is 0.408 e. The molecule has 3 rings (SSSR count). The monoisotopic (exact) mass is 488 g/mol. The van der Waals surface area contributed by atoms with Crippen molar-refractivity contribution in [1.29, 1.82) is 0 Å². The lowest BCUT2D eigenvalue weighted by molar-refractivity contribution is 0.134. The van der Waals surface area contributed by atoms with E-state index in [0.29, 0.717) is 19.3 Å². The summed E-state index contributed by atoms with van der Waals surface area (Å²) in [6, 6.07) is 17.2. The van der Waals surface area contributed by atoms with E-state index in [4.69, 9.17) is 14.9 Å². The minimum atomic E-state index is -3.71. The van der Waals surface area contributed by atoms with E-state index in [1.807, 2.05) is 66.9 Å². The van der Waals surface area contributed by atoms with Gasteiger partial charge in [-0.3, -0.25) is 0 Å². The second-order valence-corrected chi connectivity index (χ2v) is 9.87. The van der Waals surface area contributed by atoms with Gasteiger partial charge >= 0.3 is 6.09 Å². The molecule has 4 N–H and O–H groups in total. The summed E-state index contributed by atoms with van der Waals surface area (Å²) in [6.07, 6.45) is 1.27. The highest BCUT2D eigenvalue weighted by atomic mass is 32.2. The predicted octanol–water partition coefficient (Wildman–Crippen LogP) is 4.05. The summed E-state index contributed by atoms with van der Waals surface area (Å²) in [5.41, 5.74) is 3.82. The van der Waals surface area contributed by atoms with Crippen molar-refractivity contribution in [2.75, 3.05) is 6.54 Å². The second-order valence-electron chi connectivity index (χ2n) is 7.64. The molecule has 0 spiro atoms. The number of carbonyl (C=O) groups is 1. The third-order valence-corrected chi connectivity index (χ3v) is 6.42. The van der Waals surface area contributed by atoms with Crippen LogP contribution in [0.5, 0.6) is 0 Å². The molecular weight excluding hydrogens is 460 g/mol. The van der Waals surface area contributed by atoms with E-state index in [9.17, 15) is 13.2 Å². The Morgan fingerprint density at radius 2 is 1.85 bits per heavy atom. The van der Waals surface area contributed by atoms with Crippen molar-refractivity contribution in [3.8, 4) is 10.6 Å². The minimum Gasteiger partial charge on any atom is -0.445 e. The van der Waals surface area contributed by atoms with Gasteiger partial charge in [0.15, 0.2) is 0 Å². The number of thiazole rings is 1. The molecule has 1 aromatic heterocycles. The lowest BCUT2D eigenvalue weighted by Crippen LogP contribution is -2.32. The van der Waals surface area contributed by atoms with Crippen molar-refractivity contribution in [3.05, 3.63) is 76.8 Å². The minimum absolute atomic E-state index is 0.170. The van der Waals surface area contributed by atoms with Gasteiger partial charge in [-0.2, -0.15) is 8.42 Å². The summed E-state index contributed by atoms with van der Waals surface area (Å²) in [5.74, 6) is 0. The van der Waals surface area contributed by atoms with E-state index in [0.717, 1.165) is 21.8 Å². The van der Waals surface area contributed by atoms with Crippen LogP contribution in [0.15, 0.2) is 60.0 Å². The molecule has 0 aliphatic heterocycles. The number of nitrogens with zero attached hydrogens (tertiary/aromatic N) is 1. The molecule has 1 heterocycles. The molecule has 1 atom stereocenters. The first-order chi connectivity index (χ1) is 15.8. The van der Waals surface area contributed by atoms with Crippen molar-refractivity contribution in [2.24, 2.45) is 5.14 Å². The fraction of sp³-hybridized carbons (Fsp3) is 0.304. The van der Waals surface area contributed by atoms with Gasteiger partial charge in [0.05, 0.1) is 11.7 Å². The third kappa shape index (κ3) is 8.58. The quantitative estimate of drug-likeness (QED) is 0.351. The number of nitrogens with one attached hydrogen (secondary N) is 2. The van der Waals surface area contributed by atoms with E-state index < -0.39 is 16.3 Å². The fourth-order valence-corrected chi connectivity index (χ4v) is 4.47. The molecule has 1 unspecified atom stereocenters. The Morgan fingerprint density at radius 1 is 1.12 bits per heavy atom. The Bertz CT molecular complexity index is 1130. The van der Waals surface area contributed by atoms with Crippen LogP contribution >= 0.6 is 11.3 Å². The molecule has 0 fully saturated rings. The van der Waals surface area contributed by atoms with Gasteiger partial charge in [0, 0.05) is 17.5 Å². The Balaban J connectivity index is 1.64. The average molecular weight is 489 g/mol. The van der Waals surface area contributed by atoms with Gasteiger partial charge < -0.3 is 10.1 Å². The van der Waals surface area contributed by atoms with Crippen LogP contribution in [0.4, 0.5) is 4.79 Å². The van der Waals surface area contributed by atoms with Crippen LogP contribution in [0.25, 0.3) is 10.6 Å². The number of hydrogen-bond donors (Lipinski definition) is 3. The summed E-state index contributed by atoms with van der Waals surface area (Å²) in [4.78, 5) is 17.2. The van der Waals surface area contributed by atoms with E-state index in [2.05, 4.69) is 10.0 Å². The zero-order valence-electron chi connectivity index (χ0n) is 18.4. The lowest BCUT2D eigenvalue weighted by atomic mass is 10.1. The third-order valence-electron chi connectivity index (χ3n) is 4.91. The fourth-order valence-electron chi connectivity index (χ4n) is 3.16. The molecule has 0 saturated heterocycles. The van der Waals surface area contributed by atoms with Crippen LogP contribution in [0.2, 0.25) is 0 Å². The second kappa shape index (κ2) is 11.9. The van der Waals surface area contributed by atoms with Crippen molar-refractivity contribution in [1.82, 2.24) is 15.0 Å². The van der Waals surface area contributed by atoms with Gasteiger partial charge in [-0.25, -0.2) is 19.6 Å². The Kier molecular flexibility index (Phi) is 8.95. The largest absolute Gasteiger partial charge is 0.445 e. The number of amides is 1. The molecule has 2 aromatic carbocycles. The Labute approximate surface area is 198 Å². The molecule has 33 heavy (non-hydrogen) atoms. The molecule has 10 heteroatoms. The first-order valence-corrected chi connectivity index (χ1v) is 13.0. The number of ether oxygens (including phenoxy) is 1. The van der Waals surface area contributed by atoms with Crippen LogP contribution in [-0.4, -0.2) is 26.0 Å². The van der Waals surface area contributed by atoms with Crippen molar-refractivity contribution >= 4 is 27.6 Å². The van der Waals surface area contributed by atoms with Gasteiger partial charge in [0.1, 0.15) is 11.6 Å². The molecule has 176 valence electrons. The number of benzene rings is 2. The molecule has 0 aliphatic carbocycles. The molecule has 0 saturated carbocycles. The molecule has 8 nitrogen and oxygen atoms in total. The van der Waals surface area contributed by atoms with Crippen molar-refractivity contribution in [2.45, 2.75) is 38.8 Å². The summed E-state index contributed by atoms with van der Waals surface area (Å²) in [6.45, 7) is 2.43. The van der Waals surface area contributed by atoms with Crippen LogP contribution in [-0.2, 0) is 21.6 Å². The van der Waals surface area contributed by atoms with E-state index in [-0.39, 0.29) is 19.2 Å². The number of nitrogens with two attached hydrogens (primary N) is 1. The highest BCUT2D eigenvalue weighted by molar-refractivity contribution is 7.87. The van der Waals surface area contributed by atoms with Crippen LogP contribution in [0, 0.1) is 6.92 Å². The molecule has 0 aliphatic rings. The maximum atomic E-state index is 12.5. The Hall–Kier alpha value is -2.79. The van der Waals surface area contributed by atoms with Gasteiger partial charge in [-0.15, -0.1) is 11.3 Å². The SMILES string of the molecule is Cc1ccc(-c2nc(C(CCCCNS(N)(=O)=O)NC(=O)OCc3ccccc3)cs2)cc1. The number of aryl methyl sites for hydroxylation is 1. The molecular formula is C23H28N4O4S2. The number of hydrogen-bond acceptors (Lipinski definition) is 6. The lowest BCUT2D eigenvalue weighted by Gasteiger charge is -2.17. The zero-order chi connectivity index (χ0) is 23.7. The topological polar surface area (TPSA) is 123 Å². The molecule has 0 radical (unpaired) electrons. The van der Waals surface area contributed by atoms with E-state index in [1.165, 1.54) is 16.9 Å². The first kappa shape index (κ1) is 24.8. The normalized spacial score (nSPS) is 12.3. The number of rotatable bonds is 11. The maximum absolute atomic E-state index is 12.5. The predicted molar refractivity (Wildman–Crippen MR) is 130 cm³/mol. The molecule has 1 amide bonds. The van der Waals surface area contributed by atoms with Crippen molar-refractivity contribution in [3.63, 3.8) is 0 Å². The smallest absolute Gasteiger partial charge is 0.408 e. The molecule has 3 aromatic rings. The van der Waals surface area contributed by atoms with Gasteiger partial charge in [-0.05, 0) is 31.7 Å². The van der Waals surface area contributed by atoms with Gasteiger partial charge in [0.2, 0.25) is 0 Å². The summed E-state index contributed by atoms with van der Waals surface area (Å²) in [7, 11) is -3.71. The number of carbonyl (C=O) groups excluding carboxylic acids is 1. The highest BCUT2D eigenvalue weighted by Crippen LogP contribution is 2.28. The zero-order valence-corrected chi connectivity index (χ0v) is 20.0. The first-order valence-electron chi connectivity index (χ1n) is 10.6. The van der Waals surface area contributed by atoms with E-state index in [1.54, 1.807) is 0 Å². The summed E-state index contributed by atoms with van der Waals surface area (Å²) in [5, 5.41) is 10.7. The van der Waals surface area contributed by atoms with Gasteiger partial charge in [-0.1, -0.05) is 60.2 Å². The van der Waals surface area contributed by atoms with Gasteiger partial charge in [0.25, 0.3) is 10.2 Å². The number of aromatic nitrogens is 1.